The first-order chi connectivity index (χ1) is 9.63. The summed E-state index contributed by atoms with van der Waals surface area (Å²) in [6.45, 7) is 0. The molecule has 0 aromatic heterocycles. The number of nitrogens with one attached hydrogen (secondary N) is 1. The molecule has 2 rings (SSSR count). The maximum atomic E-state index is 13.0. The van der Waals surface area contributed by atoms with Crippen LogP contribution in [0, 0.1) is 5.82 Å². The highest BCUT2D eigenvalue weighted by Crippen LogP contribution is 2.09. The Bertz CT molecular complexity index is 616. The predicted octanol–water partition coefficient (Wildman–Crippen LogP) is 2.71. The van der Waals surface area contributed by atoms with E-state index in [-0.39, 0.29) is 11.7 Å². The molecule has 1 atom stereocenters. The van der Waals surface area contributed by atoms with Crippen molar-refractivity contribution >= 4 is 22.4 Å². The van der Waals surface area contributed by atoms with Gasteiger partial charge >= 0.3 is 0 Å². The number of hydrogen-bond donors (Lipinski definition) is 1. The van der Waals surface area contributed by atoms with E-state index in [1.807, 2.05) is 30.3 Å². The molecule has 3 nitrogen and oxygen atoms in total. The first kappa shape index (κ1) is 14.4. The lowest BCUT2D eigenvalue weighted by Gasteiger charge is -2.05. The van der Waals surface area contributed by atoms with E-state index in [2.05, 4.69) is 5.32 Å². The Hall–Kier alpha value is -2.01. The topological polar surface area (TPSA) is 46.2 Å². The van der Waals surface area contributed by atoms with Gasteiger partial charge in [0.2, 0.25) is 5.91 Å². The Morgan fingerprint density at radius 1 is 1.10 bits per heavy atom. The fraction of sp³-hybridized carbons (Fsp3) is 0.133. The number of halogens is 1. The standard InChI is InChI=1S/C15H14FNO2S/c16-13-7-4-8-14(9-13)17-15(18)11-20(19)10-12-5-2-1-3-6-12/h1-9H,10-11H2,(H,17,18). The fourth-order valence-corrected chi connectivity index (χ4v) is 2.75. The molecule has 5 heteroatoms. The zero-order valence-electron chi connectivity index (χ0n) is 10.7. The lowest BCUT2D eigenvalue weighted by Crippen LogP contribution is -2.20. The van der Waals surface area contributed by atoms with E-state index in [4.69, 9.17) is 0 Å². The molecule has 2 aromatic carbocycles. The minimum Gasteiger partial charge on any atom is -0.325 e. The van der Waals surface area contributed by atoms with Gasteiger partial charge in [0.25, 0.3) is 0 Å². The molecule has 0 aliphatic carbocycles. The van der Waals surface area contributed by atoms with Crippen LogP contribution in [0.1, 0.15) is 5.56 Å². The lowest BCUT2D eigenvalue weighted by molar-refractivity contribution is -0.113. The van der Waals surface area contributed by atoms with Crippen LogP contribution in [-0.2, 0) is 21.3 Å². The Morgan fingerprint density at radius 2 is 1.85 bits per heavy atom. The van der Waals surface area contributed by atoms with Gasteiger partial charge in [-0.05, 0) is 23.8 Å². The maximum Gasteiger partial charge on any atom is 0.237 e. The SMILES string of the molecule is O=C(CS(=O)Cc1ccccc1)Nc1cccc(F)c1. The van der Waals surface area contributed by atoms with Crippen molar-refractivity contribution in [2.75, 3.05) is 11.1 Å². The van der Waals surface area contributed by atoms with Crippen LogP contribution in [0.2, 0.25) is 0 Å². The summed E-state index contributed by atoms with van der Waals surface area (Å²) in [7, 11) is -1.29. The van der Waals surface area contributed by atoms with Crippen molar-refractivity contribution in [2.24, 2.45) is 0 Å². The first-order valence-corrected chi connectivity index (χ1v) is 7.56. The average molecular weight is 291 g/mol. The fourth-order valence-electron chi connectivity index (χ4n) is 1.72. The van der Waals surface area contributed by atoms with E-state index in [1.54, 1.807) is 6.07 Å². The molecule has 0 spiro atoms. The van der Waals surface area contributed by atoms with E-state index < -0.39 is 16.6 Å². The normalized spacial score (nSPS) is 11.8. The third-order valence-corrected chi connectivity index (χ3v) is 3.81. The molecule has 2 aromatic rings. The van der Waals surface area contributed by atoms with Gasteiger partial charge in [0, 0.05) is 22.2 Å². The van der Waals surface area contributed by atoms with Crippen LogP contribution in [0.25, 0.3) is 0 Å². The van der Waals surface area contributed by atoms with Crippen LogP contribution < -0.4 is 5.32 Å². The Balaban J connectivity index is 1.87. The smallest absolute Gasteiger partial charge is 0.237 e. The average Bonchev–Trinajstić information content (AvgIpc) is 2.39. The van der Waals surface area contributed by atoms with E-state index >= 15 is 0 Å². The molecule has 104 valence electrons. The summed E-state index contributed by atoms with van der Waals surface area (Å²) < 4.78 is 24.8. The Kier molecular flexibility index (Phi) is 5.01. The van der Waals surface area contributed by atoms with Gasteiger partial charge < -0.3 is 5.32 Å². The van der Waals surface area contributed by atoms with Crippen LogP contribution >= 0.6 is 0 Å². The second-order valence-electron chi connectivity index (χ2n) is 4.27. The molecule has 0 aliphatic heterocycles. The summed E-state index contributed by atoms with van der Waals surface area (Å²) in [4.78, 5) is 11.7. The number of carbonyl (C=O) groups is 1. The van der Waals surface area contributed by atoms with Gasteiger partial charge in [0.15, 0.2) is 0 Å². The Morgan fingerprint density at radius 3 is 2.55 bits per heavy atom. The molecule has 0 saturated carbocycles. The molecule has 20 heavy (non-hydrogen) atoms. The molecule has 0 radical (unpaired) electrons. The van der Waals surface area contributed by atoms with Crippen LogP contribution in [0.5, 0.6) is 0 Å². The second kappa shape index (κ2) is 6.96. The molecule has 0 aliphatic rings. The van der Waals surface area contributed by atoms with Crippen molar-refractivity contribution in [1.29, 1.82) is 0 Å². The van der Waals surface area contributed by atoms with Gasteiger partial charge in [0.1, 0.15) is 11.6 Å². The van der Waals surface area contributed by atoms with E-state index in [0.29, 0.717) is 11.4 Å². The zero-order valence-corrected chi connectivity index (χ0v) is 11.5. The minimum absolute atomic E-state index is 0.106. The molecule has 1 N–H and O–H groups in total. The first-order valence-electron chi connectivity index (χ1n) is 6.08. The summed E-state index contributed by atoms with van der Waals surface area (Å²) in [5.41, 5.74) is 1.29. The van der Waals surface area contributed by atoms with Crippen molar-refractivity contribution in [2.45, 2.75) is 5.75 Å². The van der Waals surface area contributed by atoms with Crippen molar-refractivity contribution in [3.63, 3.8) is 0 Å². The molecule has 1 unspecified atom stereocenters. The molecule has 0 heterocycles. The van der Waals surface area contributed by atoms with Crippen molar-refractivity contribution in [3.05, 3.63) is 66.0 Å². The molecular weight excluding hydrogens is 277 g/mol. The van der Waals surface area contributed by atoms with Gasteiger partial charge in [-0.15, -0.1) is 0 Å². The lowest BCUT2D eigenvalue weighted by atomic mass is 10.2. The predicted molar refractivity (Wildman–Crippen MR) is 78.2 cm³/mol. The van der Waals surface area contributed by atoms with Crippen LogP contribution in [-0.4, -0.2) is 15.9 Å². The summed E-state index contributed by atoms with van der Waals surface area (Å²) in [5, 5.41) is 2.53. The number of benzene rings is 2. The van der Waals surface area contributed by atoms with E-state index in [9.17, 15) is 13.4 Å². The number of carbonyl (C=O) groups excluding carboxylic acids is 1. The summed E-state index contributed by atoms with van der Waals surface area (Å²) in [6.07, 6.45) is 0. The van der Waals surface area contributed by atoms with Gasteiger partial charge in [-0.3, -0.25) is 9.00 Å². The number of amides is 1. The van der Waals surface area contributed by atoms with Gasteiger partial charge in [-0.2, -0.15) is 0 Å². The van der Waals surface area contributed by atoms with Crippen molar-refractivity contribution < 1.29 is 13.4 Å². The quantitative estimate of drug-likeness (QED) is 0.920. The third kappa shape index (κ3) is 4.59. The van der Waals surface area contributed by atoms with Crippen LogP contribution in [0.15, 0.2) is 54.6 Å². The monoisotopic (exact) mass is 291 g/mol. The molecular formula is C15H14FNO2S. The van der Waals surface area contributed by atoms with Crippen LogP contribution in [0.3, 0.4) is 0 Å². The second-order valence-corrected chi connectivity index (χ2v) is 5.73. The highest BCUT2D eigenvalue weighted by Gasteiger charge is 2.09. The minimum atomic E-state index is -1.29. The van der Waals surface area contributed by atoms with Gasteiger partial charge in [-0.25, -0.2) is 4.39 Å². The Labute approximate surface area is 119 Å². The summed E-state index contributed by atoms with van der Waals surface area (Å²) in [6, 6.07) is 14.9. The summed E-state index contributed by atoms with van der Waals surface area (Å²) >= 11 is 0. The summed E-state index contributed by atoms with van der Waals surface area (Å²) in [5.74, 6) is -0.582. The molecule has 1 amide bonds. The zero-order chi connectivity index (χ0) is 14.4. The molecule has 0 fully saturated rings. The third-order valence-electron chi connectivity index (χ3n) is 2.57. The molecule has 0 bridgehead atoms. The maximum absolute atomic E-state index is 13.0. The number of anilines is 1. The van der Waals surface area contributed by atoms with Crippen LogP contribution in [0.4, 0.5) is 10.1 Å². The number of rotatable bonds is 5. The van der Waals surface area contributed by atoms with E-state index in [0.717, 1.165) is 5.56 Å². The van der Waals surface area contributed by atoms with Crippen molar-refractivity contribution in [3.8, 4) is 0 Å². The molecule has 0 saturated heterocycles. The van der Waals surface area contributed by atoms with E-state index in [1.165, 1.54) is 18.2 Å². The highest BCUT2D eigenvalue weighted by molar-refractivity contribution is 7.84. The van der Waals surface area contributed by atoms with Crippen molar-refractivity contribution in [1.82, 2.24) is 0 Å². The largest absolute Gasteiger partial charge is 0.325 e. The number of hydrogen-bond acceptors (Lipinski definition) is 2. The highest BCUT2D eigenvalue weighted by atomic mass is 32.2. The van der Waals surface area contributed by atoms with Gasteiger partial charge in [0.05, 0.1) is 0 Å². The van der Waals surface area contributed by atoms with Gasteiger partial charge in [-0.1, -0.05) is 36.4 Å².